The van der Waals surface area contributed by atoms with Gasteiger partial charge in [-0.05, 0) is 79.7 Å². The van der Waals surface area contributed by atoms with Crippen LogP contribution in [-0.4, -0.2) is 11.7 Å². The number of aryl methyl sites for hydroxylation is 3. The minimum absolute atomic E-state index is 0.0688. The summed E-state index contributed by atoms with van der Waals surface area (Å²) >= 11 is 0. The van der Waals surface area contributed by atoms with Crippen LogP contribution in [0.25, 0.3) is 10.9 Å². The third-order valence-corrected chi connectivity index (χ3v) is 4.67. The molecule has 4 heteroatoms. The number of pyridine rings is 1. The maximum Gasteiger partial charge on any atom is 0.256 e. The number of nitrogens with one attached hydrogen (secondary N) is 1. The van der Waals surface area contributed by atoms with E-state index >= 15 is 0 Å². The first-order valence-corrected chi connectivity index (χ1v) is 8.55. The highest BCUT2D eigenvalue weighted by Gasteiger charge is 2.10. The van der Waals surface area contributed by atoms with E-state index in [1.165, 1.54) is 11.1 Å². The van der Waals surface area contributed by atoms with Gasteiger partial charge in [-0.15, -0.1) is 0 Å². The Morgan fingerprint density at radius 1 is 1.04 bits per heavy atom. The highest BCUT2D eigenvalue weighted by molar-refractivity contribution is 5.81. The van der Waals surface area contributed by atoms with E-state index in [2.05, 4.69) is 31.3 Å². The van der Waals surface area contributed by atoms with Crippen molar-refractivity contribution in [1.82, 2.24) is 4.57 Å². The molecule has 0 aliphatic carbocycles. The molecule has 0 bridgehead atoms. The molecule has 3 aromatic rings. The number of fused-ring (bicyclic) bond motifs is 1. The van der Waals surface area contributed by atoms with Crippen molar-refractivity contribution in [1.29, 1.82) is 0 Å². The van der Waals surface area contributed by atoms with Crippen molar-refractivity contribution in [3.05, 3.63) is 69.5 Å². The first kappa shape index (κ1) is 17.1. The number of hydrogen-bond acceptors (Lipinski definition) is 3. The van der Waals surface area contributed by atoms with Crippen LogP contribution in [0.2, 0.25) is 0 Å². The van der Waals surface area contributed by atoms with Crippen LogP contribution in [0.3, 0.4) is 0 Å². The topological polar surface area (TPSA) is 43.3 Å². The van der Waals surface area contributed by atoms with E-state index in [0.717, 1.165) is 27.9 Å². The summed E-state index contributed by atoms with van der Waals surface area (Å²) in [6.07, 6.45) is 0. The summed E-state index contributed by atoms with van der Waals surface area (Å²) < 4.78 is 7.02. The monoisotopic (exact) mass is 336 g/mol. The van der Waals surface area contributed by atoms with Gasteiger partial charge in [0.1, 0.15) is 5.75 Å². The Morgan fingerprint density at radius 2 is 1.72 bits per heavy atom. The number of nitrogens with zero attached hydrogens (tertiary/aromatic N) is 1. The molecule has 0 amide bonds. The van der Waals surface area contributed by atoms with Gasteiger partial charge in [0.25, 0.3) is 5.56 Å². The van der Waals surface area contributed by atoms with E-state index in [4.69, 9.17) is 4.74 Å². The molecule has 1 N–H and O–H groups in total. The predicted molar refractivity (Wildman–Crippen MR) is 104 cm³/mol. The van der Waals surface area contributed by atoms with Gasteiger partial charge in [0, 0.05) is 24.3 Å². The van der Waals surface area contributed by atoms with Gasteiger partial charge in [-0.2, -0.15) is 0 Å². The van der Waals surface area contributed by atoms with Crippen molar-refractivity contribution in [2.24, 2.45) is 0 Å². The predicted octanol–water partition coefficient (Wildman–Crippen LogP) is 4.26. The summed E-state index contributed by atoms with van der Waals surface area (Å²) in [5.74, 6) is 0.815. The average molecular weight is 336 g/mol. The molecule has 0 aliphatic rings. The summed E-state index contributed by atoms with van der Waals surface area (Å²) in [7, 11) is 1.65. The largest absolute Gasteiger partial charge is 0.497 e. The number of aromatic nitrogens is 1. The minimum atomic E-state index is 0.0688. The molecule has 1 aromatic heterocycles. The van der Waals surface area contributed by atoms with Gasteiger partial charge in [-0.3, -0.25) is 4.79 Å². The van der Waals surface area contributed by atoms with E-state index in [9.17, 15) is 4.79 Å². The van der Waals surface area contributed by atoms with Crippen LogP contribution in [0.4, 0.5) is 5.69 Å². The Labute approximate surface area is 148 Å². The molecule has 130 valence electrons. The van der Waals surface area contributed by atoms with Crippen LogP contribution >= 0.6 is 0 Å². The van der Waals surface area contributed by atoms with E-state index < -0.39 is 0 Å². The van der Waals surface area contributed by atoms with Crippen LogP contribution in [0.15, 0.2) is 47.3 Å². The molecule has 1 heterocycles. The SMILES string of the molecule is CCn1c(=O)c(CNc2ccc(OC)cc2)cc2cc(C)c(C)cc21. The first-order chi connectivity index (χ1) is 12.0. The fraction of sp³-hybridized carbons (Fsp3) is 0.286. The number of hydrogen-bond donors (Lipinski definition) is 1. The molecule has 3 rings (SSSR count). The summed E-state index contributed by atoms with van der Waals surface area (Å²) in [6, 6.07) is 14.0. The molecule has 2 aromatic carbocycles. The quantitative estimate of drug-likeness (QED) is 0.757. The Bertz CT molecular complexity index is 956. The second-order valence-corrected chi connectivity index (χ2v) is 6.30. The number of anilines is 1. The highest BCUT2D eigenvalue weighted by atomic mass is 16.5. The maximum absolute atomic E-state index is 12.8. The van der Waals surface area contributed by atoms with Crippen LogP contribution in [-0.2, 0) is 13.1 Å². The average Bonchev–Trinajstić information content (AvgIpc) is 2.62. The van der Waals surface area contributed by atoms with E-state index in [-0.39, 0.29) is 5.56 Å². The van der Waals surface area contributed by atoms with Crippen molar-refractivity contribution in [2.45, 2.75) is 33.9 Å². The molecule has 0 unspecified atom stereocenters. The number of ether oxygens (including phenoxy) is 1. The van der Waals surface area contributed by atoms with E-state index in [0.29, 0.717) is 13.1 Å². The van der Waals surface area contributed by atoms with Gasteiger partial charge >= 0.3 is 0 Å². The fourth-order valence-corrected chi connectivity index (χ4v) is 3.05. The van der Waals surface area contributed by atoms with Crippen molar-refractivity contribution < 1.29 is 4.74 Å². The van der Waals surface area contributed by atoms with Gasteiger partial charge in [0.2, 0.25) is 0 Å². The van der Waals surface area contributed by atoms with Crippen LogP contribution in [0, 0.1) is 13.8 Å². The molecule has 0 radical (unpaired) electrons. The Hall–Kier alpha value is -2.75. The first-order valence-electron chi connectivity index (χ1n) is 8.55. The highest BCUT2D eigenvalue weighted by Crippen LogP contribution is 2.20. The normalized spacial score (nSPS) is 10.9. The van der Waals surface area contributed by atoms with Gasteiger partial charge in [-0.1, -0.05) is 0 Å². The number of methoxy groups -OCH3 is 1. The van der Waals surface area contributed by atoms with Gasteiger partial charge in [0.15, 0.2) is 0 Å². The standard InChI is InChI=1S/C21H24N2O2/c1-5-23-20-11-15(3)14(2)10-16(20)12-17(21(23)24)13-22-18-6-8-19(25-4)9-7-18/h6-12,22H,5,13H2,1-4H3. The van der Waals surface area contributed by atoms with Gasteiger partial charge in [0.05, 0.1) is 12.6 Å². The number of benzene rings is 2. The lowest BCUT2D eigenvalue weighted by molar-refractivity contribution is 0.415. The third-order valence-electron chi connectivity index (χ3n) is 4.67. The second kappa shape index (κ2) is 7.01. The molecule has 0 saturated carbocycles. The summed E-state index contributed by atoms with van der Waals surface area (Å²) in [4.78, 5) is 12.8. The molecule has 0 aliphatic heterocycles. The molecule has 25 heavy (non-hydrogen) atoms. The van der Waals surface area contributed by atoms with Crippen molar-refractivity contribution in [3.8, 4) is 5.75 Å². The maximum atomic E-state index is 12.8. The zero-order valence-corrected chi connectivity index (χ0v) is 15.2. The van der Waals surface area contributed by atoms with Gasteiger partial charge in [-0.25, -0.2) is 0 Å². The van der Waals surface area contributed by atoms with Crippen LogP contribution < -0.4 is 15.6 Å². The molecule has 4 nitrogen and oxygen atoms in total. The second-order valence-electron chi connectivity index (χ2n) is 6.30. The van der Waals surface area contributed by atoms with E-state index in [1.807, 2.05) is 41.8 Å². The van der Waals surface area contributed by atoms with Crippen molar-refractivity contribution in [2.75, 3.05) is 12.4 Å². The summed E-state index contributed by atoms with van der Waals surface area (Å²) in [5.41, 5.74) is 5.25. The van der Waals surface area contributed by atoms with Crippen molar-refractivity contribution >= 4 is 16.6 Å². The van der Waals surface area contributed by atoms with Crippen LogP contribution in [0.1, 0.15) is 23.6 Å². The van der Waals surface area contributed by atoms with Gasteiger partial charge < -0.3 is 14.6 Å². The Kier molecular flexibility index (Phi) is 4.79. The summed E-state index contributed by atoms with van der Waals surface area (Å²) in [6.45, 7) is 7.35. The lowest BCUT2D eigenvalue weighted by atomic mass is 10.0. The minimum Gasteiger partial charge on any atom is -0.497 e. The lowest BCUT2D eigenvalue weighted by Crippen LogP contribution is -2.25. The number of rotatable bonds is 5. The molecule has 0 atom stereocenters. The molecular formula is C21H24N2O2. The smallest absolute Gasteiger partial charge is 0.256 e. The summed E-state index contributed by atoms with van der Waals surface area (Å²) in [5, 5.41) is 4.43. The van der Waals surface area contributed by atoms with E-state index in [1.54, 1.807) is 7.11 Å². The van der Waals surface area contributed by atoms with Crippen molar-refractivity contribution in [3.63, 3.8) is 0 Å². The van der Waals surface area contributed by atoms with Crippen LogP contribution in [0.5, 0.6) is 5.75 Å². The molecular weight excluding hydrogens is 312 g/mol. The molecule has 0 spiro atoms. The Balaban J connectivity index is 1.96. The fourth-order valence-electron chi connectivity index (χ4n) is 3.05. The third kappa shape index (κ3) is 3.38. The zero-order valence-electron chi connectivity index (χ0n) is 15.2. The molecule has 0 saturated heterocycles. The molecule has 0 fully saturated rings. The lowest BCUT2D eigenvalue weighted by Gasteiger charge is -2.14. The Morgan fingerprint density at radius 3 is 2.36 bits per heavy atom. The zero-order chi connectivity index (χ0) is 18.0.